The van der Waals surface area contributed by atoms with Crippen LogP contribution < -0.4 is 4.74 Å². The minimum atomic E-state index is -4.70. The Labute approximate surface area is 156 Å². The van der Waals surface area contributed by atoms with E-state index < -0.39 is 12.0 Å². The van der Waals surface area contributed by atoms with Gasteiger partial charge < -0.3 is 4.74 Å². The first-order valence-electron chi connectivity index (χ1n) is 8.09. The zero-order chi connectivity index (χ0) is 19.7. The van der Waals surface area contributed by atoms with E-state index in [1.807, 2.05) is 0 Å². The number of benzene rings is 2. The Kier molecular flexibility index (Phi) is 4.26. The van der Waals surface area contributed by atoms with E-state index in [4.69, 9.17) is 4.74 Å². The van der Waals surface area contributed by atoms with Gasteiger partial charge in [0, 0.05) is 17.2 Å². The van der Waals surface area contributed by atoms with Gasteiger partial charge in [0.2, 0.25) is 5.88 Å². The average molecular weight is 384 g/mol. The fourth-order valence-corrected chi connectivity index (χ4v) is 2.58. The summed E-state index contributed by atoms with van der Waals surface area (Å²) in [4.78, 5) is 12.5. The molecule has 0 aliphatic carbocycles. The number of fused-ring (bicyclic) bond motifs is 1. The minimum Gasteiger partial charge on any atom is -0.438 e. The molecule has 4 aromatic rings. The molecular weight excluding hydrogens is 373 g/mol. The lowest BCUT2D eigenvalue weighted by molar-refractivity contribution is -0.146. The number of carbonyl (C=O) groups excluding carboxylic acids is 1. The van der Waals surface area contributed by atoms with Crippen LogP contribution in [0, 0.1) is 0 Å². The Morgan fingerprint density at radius 1 is 0.893 bits per heavy atom. The molecule has 0 saturated carbocycles. The van der Waals surface area contributed by atoms with E-state index in [0.29, 0.717) is 15.6 Å². The fourth-order valence-electron chi connectivity index (χ4n) is 2.58. The topological polar surface area (TPSA) is 69.4 Å². The summed E-state index contributed by atoms with van der Waals surface area (Å²) < 4.78 is 45.0. The molecule has 4 rings (SSSR count). The van der Waals surface area contributed by atoms with E-state index in [1.165, 1.54) is 18.2 Å². The summed E-state index contributed by atoms with van der Waals surface area (Å²) in [7, 11) is 0. The molecule has 0 atom stereocenters. The maximum atomic E-state index is 13.0. The number of halogens is 3. The van der Waals surface area contributed by atoms with Gasteiger partial charge in [0.25, 0.3) is 5.82 Å². The molecule has 2 aromatic carbocycles. The summed E-state index contributed by atoms with van der Waals surface area (Å²) in [5.41, 5.74) is 0.830. The maximum absolute atomic E-state index is 13.0. The molecule has 140 valence electrons. The Bertz CT molecular complexity index is 1160. The van der Waals surface area contributed by atoms with Crippen LogP contribution >= 0.6 is 0 Å². The second kappa shape index (κ2) is 6.76. The van der Waals surface area contributed by atoms with Crippen molar-refractivity contribution in [3.05, 3.63) is 83.7 Å². The molecule has 0 aliphatic rings. The van der Waals surface area contributed by atoms with Gasteiger partial charge in [0.1, 0.15) is 5.75 Å². The molecule has 0 fully saturated rings. The second-order valence-electron chi connectivity index (χ2n) is 5.79. The van der Waals surface area contributed by atoms with Gasteiger partial charge in [-0.1, -0.05) is 42.5 Å². The van der Waals surface area contributed by atoms with Crippen molar-refractivity contribution < 1.29 is 22.7 Å². The predicted octanol–water partition coefficient (Wildman–Crippen LogP) is 4.17. The quantitative estimate of drug-likeness (QED) is 0.494. The van der Waals surface area contributed by atoms with Gasteiger partial charge in [-0.3, -0.25) is 4.79 Å². The van der Waals surface area contributed by atoms with Gasteiger partial charge in [0.05, 0.1) is 0 Å². The molecule has 2 aromatic heterocycles. The van der Waals surface area contributed by atoms with Crippen molar-refractivity contribution in [2.75, 3.05) is 0 Å². The van der Waals surface area contributed by atoms with Crippen LogP contribution in [0.2, 0.25) is 0 Å². The predicted molar refractivity (Wildman–Crippen MR) is 92.2 cm³/mol. The Morgan fingerprint density at radius 3 is 2.39 bits per heavy atom. The Hall–Kier alpha value is -3.75. The van der Waals surface area contributed by atoms with Crippen LogP contribution in [0.5, 0.6) is 11.6 Å². The zero-order valence-corrected chi connectivity index (χ0v) is 14.1. The van der Waals surface area contributed by atoms with Crippen LogP contribution in [0.15, 0.2) is 66.7 Å². The number of hydrogen-bond acceptors (Lipinski definition) is 5. The lowest BCUT2D eigenvalue weighted by Gasteiger charge is -2.08. The highest BCUT2D eigenvalue weighted by molar-refractivity contribution is 6.09. The third-order valence-corrected chi connectivity index (χ3v) is 3.85. The number of hydrogen-bond donors (Lipinski definition) is 0. The number of ether oxygens (including phenoxy) is 1. The molecule has 0 spiro atoms. The molecule has 0 N–H and O–H groups in total. The highest BCUT2D eigenvalue weighted by atomic mass is 19.4. The van der Waals surface area contributed by atoms with Crippen molar-refractivity contribution in [1.82, 2.24) is 19.8 Å². The number of aromatic nitrogens is 4. The van der Waals surface area contributed by atoms with E-state index in [9.17, 15) is 18.0 Å². The standard InChI is InChI=1S/C19H11F3N4O2/c20-19(21,22)18-24-23-15-9-10-16(25-26(15)18)28-14-8-4-7-13(11-14)17(27)12-5-2-1-3-6-12/h1-11H. The van der Waals surface area contributed by atoms with Gasteiger partial charge in [-0.15, -0.1) is 15.3 Å². The van der Waals surface area contributed by atoms with E-state index in [0.717, 1.165) is 0 Å². The fraction of sp³-hybridized carbons (Fsp3) is 0.0526. The largest absolute Gasteiger partial charge is 0.453 e. The van der Waals surface area contributed by atoms with Gasteiger partial charge in [-0.25, -0.2) is 0 Å². The summed E-state index contributed by atoms with van der Waals surface area (Å²) in [6, 6.07) is 17.7. The van der Waals surface area contributed by atoms with Crippen molar-refractivity contribution in [3.63, 3.8) is 0 Å². The molecule has 0 aliphatic heterocycles. The smallest absolute Gasteiger partial charge is 0.438 e. The molecular formula is C19H11F3N4O2. The van der Waals surface area contributed by atoms with Crippen molar-refractivity contribution in [2.45, 2.75) is 6.18 Å². The third kappa shape index (κ3) is 3.41. The van der Waals surface area contributed by atoms with Crippen LogP contribution in [0.1, 0.15) is 21.7 Å². The molecule has 6 nitrogen and oxygen atoms in total. The highest BCUT2D eigenvalue weighted by Gasteiger charge is 2.37. The Balaban J connectivity index is 1.64. The summed E-state index contributed by atoms with van der Waals surface area (Å²) in [5, 5.41) is 10.3. The first-order chi connectivity index (χ1) is 13.4. The zero-order valence-electron chi connectivity index (χ0n) is 14.1. The van der Waals surface area contributed by atoms with Crippen molar-refractivity contribution in [1.29, 1.82) is 0 Å². The van der Waals surface area contributed by atoms with Crippen molar-refractivity contribution in [2.24, 2.45) is 0 Å². The molecule has 0 saturated heterocycles. The molecule has 2 heterocycles. The van der Waals surface area contributed by atoms with E-state index in [-0.39, 0.29) is 23.1 Å². The minimum absolute atomic E-state index is 0.0623. The first-order valence-corrected chi connectivity index (χ1v) is 8.09. The lowest BCUT2D eigenvalue weighted by atomic mass is 10.0. The third-order valence-electron chi connectivity index (χ3n) is 3.85. The highest BCUT2D eigenvalue weighted by Crippen LogP contribution is 2.28. The monoisotopic (exact) mass is 384 g/mol. The van der Waals surface area contributed by atoms with Crippen LogP contribution in [-0.2, 0) is 6.18 Å². The lowest BCUT2D eigenvalue weighted by Crippen LogP contribution is -2.12. The summed E-state index contributed by atoms with van der Waals surface area (Å²) in [5.74, 6) is -1.29. The van der Waals surface area contributed by atoms with Crippen LogP contribution in [0.4, 0.5) is 13.2 Å². The van der Waals surface area contributed by atoms with Gasteiger partial charge in [-0.05, 0) is 18.2 Å². The molecule has 9 heteroatoms. The van der Waals surface area contributed by atoms with Crippen LogP contribution in [0.25, 0.3) is 5.65 Å². The van der Waals surface area contributed by atoms with Crippen molar-refractivity contribution >= 4 is 11.4 Å². The molecule has 0 bridgehead atoms. The molecule has 0 amide bonds. The first kappa shape index (κ1) is 17.7. The molecule has 0 radical (unpaired) electrons. The summed E-state index contributed by atoms with van der Waals surface area (Å²) >= 11 is 0. The number of ketones is 1. The number of nitrogens with zero attached hydrogens (tertiary/aromatic N) is 4. The SMILES string of the molecule is O=C(c1ccccc1)c1cccc(Oc2ccc3nnc(C(F)(F)F)n3n2)c1. The second-order valence-corrected chi connectivity index (χ2v) is 5.79. The van der Waals surface area contributed by atoms with Gasteiger partial charge in [-0.2, -0.15) is 17.7 Å². The maximum Gasteiger partial charge on any atom is 0.453 e. The van der Waals surface area contributed by atoms with Crippen LogP contribution in [0.3, 0.4) is 0 Å². The van der Waals surface area contributed by atoms with Gasteiger partial charge in [0.15, 0.2) is 11.4 Å². The summed E-state index contributed by atoms with van der Waals surface area (Å²) in [6.45, 7) is 0. The number of alkyl halides is 3. The van der Waals surface area contributed by atoms with E-state index in [1.54, 1.807) is 48.5 Å². The average Bonchev–Trinajstić information content (AvgIpc) is 3.12. The Morgan fingerprint density at radius 2 is 1.64 bits per heavy atom. The van der Waals surface area contributed by atoms with Crippen molar-refractivity contribution in [3.8, 4) is 11.6 Å². The molecule has 0 unspecified atom stereocenters. The number of carbonyl (C=O) groups is 1. The van der Waals surface area contributed by atoms with E-state index >= 15 is 0 Å². The normalized spacial score (nSPS) is 11.5. The van der Waals surface area contributed by atoms with Crippen LogP contribution in [-0.4, -0.2) is 25.6 Å². The molecule has 28 heavy (non-hydrogen) atoms. The van der Waals surface area contributed by atoms with Gasteiger partial charge >= 0.3 is 6.18 Å². The number of rotatable bonds is 4. The van der Waals surface area contributed by atoms with E-state index in [2.05, 4.69) is 15.3 Å². The summed E-state index contributed by atoms with van der Waals surface area (Å²) in [6.07, 6.45) is -4.70.